The molecular weight excluding hydrogens is 222 g/mol. The van der Waals surface area contributed by atoms with Gasteiger partial charge in [0.1, 0.15) is 11.1 Å². The van der Waals surface area contributed by atoms with Crippen molar-refractivity contribution in [2.45, 2.75) is 13.0 Å². The molecule has 1 atom stereocenters. The Balaban J connectivity index is 3.02. The predicted octanol–water partition coefficient (Wildman–Crippen LogP) is 0.319. The molecule has 1 heterocycles. The number of halogens is 1. The van der Waals surface area contributed by atoms with E-state index in [2.05, 4.69) is 10.4 Å². The van der Waals surface area contributed by atoms with E-state index in [4.69, 9.17) is 16.7 Å². The van der Waals surface area contributed by atoms with Crippen molar-refractivity contribution >= 4 is 23.3 Å². The standard InChI is InChI=1S/C8H10ClN3O3/c1-4(8(14)15)11-5-3-10-12(2)7(13)6(5)9/h3-4,11H,1-2H3,(H,14,15)/t4-/m0/s1. The molecule has 1 rings (SSSR count). The smallest absolute Gasteiger partial charge is 0.325 e. The molecule has 0 aliphatic rings. The topological polar surface area (TPSA) is 84.2 Å². The molecule has 2 N–H and O–H groups in total. The third kappa shape index (κ3) is 2.47. The van der Waals surface area contributed by atoms with Crippen LogP contribution in [0.2, 0.25) is 5.02 Å². The highest BCUT2D eigenvalue weighted by Gasteiger charge is 2.14. The number of nitrogens with zero attached hydrogens (tertiary/aromatic N) is 2. The molecule has 1 aromatic rings. The first-order valence-electron chi connectivity index (χ1n) is 4.14. The molecule has 0 amide bonds. The van der Waals surface area contributed by atoms with Gasteiger partial charge in [-0.1, -0.05) is 11.6 Å². The van der Waals surface area contributed by atoms with Gasteiger partial charge in [0.2, 0.25) is 0 Å². The van der Waals surface area contributed by atoms with Crippen molar-refractivity contribution in [2.75, 3.05) is 5.32 Å². The zero-order valence-corrected chi connectivity index (χ0v) is 8.95. The van der Waals surface area contributed by atoms with Crippen LogP contribution in [0.3, 0.4) is 0 Å². The lowest BCUT2D eigenvalue weighted by Crippen LogP contribution is -2.28. The van der Waals surface area contributed by atoms with Crippen LogP contribution in [-0.2, 0) is 11.8 Å². The molecule has 0 spiro atoms. The Bertz CT molecular complexity index is 443. The van der Waals surface area contributed by atoms with Crippen molar-refractivity contribution in [1.29, 1.82) is 0 Å². The third-order valence-corrected chi connectivity index (χ3v) is 2.19. The van der Waals surface area contributed by atoms with Gasteiger partial charge in [0.05, 0.1) is 11.9 Å². The van der Waals surface area contributed by atoms with Gasteiger partial charge in [-0.15, -0.1) is 0 Å². The SMILES string of the molecule is C[C@H](Nc1cnn(C)c(=O)c1Cl)C(=O)O. The number of anilines is 1. The molecular formula is C8H10ClN3O3. The van der Waals surface area contributed by atoms with Crippen LogP contribution in [0.1, 0.15) is 6.92 Å². The average molecular weight is 232 g/mol. The molecule has 0 saturated carbocycles. The van der Waals surface area contributed by atoms with Crippen LogP contribution in [-0.4, -0.2) is 26.9 Å². The number of aromatic nitrogens is 2. The maximum absolute atomic E-state index is 11.3. The monoisotopic (exact) mass is 231 g/mol. The number of nitrogens with one attached hydrogen (secondary N) is 1. The minimum Gasteiger partial charge on any atom is -0.480 e. The summed E-state index contributed by atoms with van der Waals surface area (Å²) in [6.07, 6.45) is 1.31. The molecule has 0 unspecified atom stereocenters. The highest BCUT2D eigenvalue weighted by atomic mass is 35.5. The molecule has 0 aliphatic heterocycles. The Labute approximate surface area is 90.5 Å². The van der Waals surface area contributed by atoms with Gasteiger partial charge in [0.15, 0.2) is 0 Å². The van der Waals surface area contributed by atoms with Crippen LogP contribution in [0.25, 0.3) is 0 Å². The Morgan fingerprint density at radius 3 is 2.87 bits per heavy atom. The van der Waals surface area contributed by atoms with E-state index in [1.165, 1.54) is 20.2 Å². The van der Waals surface area contributed by atoms with Crippen LogP contribution >= 0.6 is 11.6 Å². The van der Waals surface area contributed by atoms with Crippen molar-refractivity contribution in [3.63, 3.8) is 0 Å². The van der Waals surface area contributed by atoms with E-state index >= 15 is 0 Å². The maximum Gasteiger partial charge on any atom is 0.325 e. The molecule has 0 radical (unpaired) electrons. The molecule has 82 valence electrons. The highest BCUT2D eigenvalue weighted by molar-refractivity contribution is 6.33. The first kappa shape index (κ1) is 11.5. The molecule has 0 aromatic carbocycles. The van der Waals surface area contributed by atoms with Crippen LogP contribution < -0.4 is 10.9 Å². The summed E-state index contributed by atoms with van der Waals surface area (Å²) in [7, 11) is 1.46. The number of aryl methyl sites for hydroxylation is 1. The van der Waals surface area contributed by atoms with E-state index in [-0.39, 0.29) is 10.7 Å². The van der Waals surface area contributed by atoms with E-state index in [0.717, 1.165) is 4.68 Å². The number of rotatable bonds is 3. The second-order valence-electron chi connectivity index (χ2n) is 3.01. The summed E-state index contributed by atoms with van der Waals surface area (Å²) >= 11 is 5.72. The first-order chi connectivity index (χ1) is 6.93. The summed E-state index contributed by atoms with van der Waals surface area (Å²) in [4.78, 5) is 21.9. The molecule has 15 heavy (non-hydrogen) atoms. The van der Waals surface area contributed by atoms with E-state index in [1.54, 1.807) is 0 Å². The van der Waals surface area contributed by atoms with Crippen molar-refractivity contribution in [3.05, 3.63) is 21.6 Å². The molecule has 6 nitrogen and oxygen atoms in total. The summed E-state index contributed by atoms with van der Waals surface area (Å²) in [5.74, 6) is -1.04. The number of hydrogen-bond acceptors (Lipinski definition) is 4. The second kappa shape index (κ2) is 4.31. The van der Waals surface area contributed by atoms with Crippen LogP contribution in [0.5, 0.6) is 0 Å². The Hall–Kier alpha value is -1.56. The largest absolute Gasteiger partial charge is 0.480 e. The summed E-state index contributed by atoms with van der Waals surface area (Å²) < 4.78 is 1.07. The minimum atomic E-state index is -1.04. The van der Waals surface area contributed by atoms with Crippen molar-refractivity contribution in [1.82, 2.24) is 9.78 Å². The molecule has 7 heteroatoms. The summed E-state index contributed by atoms with van der Waals surface area (Å²) in [6, 6.07) is -0.837. The number of aliphatic carboxylic acids is 1. The fraction of sp³-hybridized carbons (Fsp3) is 0.375. The van der Waals surface area contributed by atoms with Gasteiger partial charge in [0, 0.05) is 7.05 Å². The minimum absolute atomic E-state index is 0.0689. The lowest BCUT2D eigenvalue weighted by atomic mass is 10.3. The van der Waals surface area contributed by atoms with E-state index in [0.29, 0.717) is 0 Å². The van der Waals surface area contributed by atoms with Gasteiger partial charge in [0.25, 0.3) is 5.56 Å². The first-order valence-corrected chi connectivity index (χ1v) is 4.52. The lowest BCUT2D eigenvalue weighted by Gasteiger charge is -2.11. The molecule has 0 saturated heterocycles. The number of carboxylic acid groups (broad SMARTS) is 1. The van der Waals surface area contributed by atoms with E-state index in [1.807, 2.05) is 0 Å². The molecule has 0 aliphatic carbocycles. The summed E-state index contributed by atoms with van der Waals surface area (Å²) in [5, 5.41) is 14.9. The quantitative estimate of drug-likeness (QED) is 0.783. The lowest BCUT2D eigenvalue weighted by molar-refractivity contribution is -0.137. The normalized spacial score (nSPS) is 12.2. The number of carbonyl (C=O) groups is 1. The van der Waals surface area contributed by atoms with Gasteiger partial charge in [-0.2, -0.15) is 5.10 Å². The Morgan fingerprint density at radius 2 is 2.33 bits per heavy atom. The zero-order chi connectivity index (χ0) is 11.6. The van der Waals surface area contributed by atoms with Crippen LogP contribution in [0.4, 0.5) is 5.69 Å². The Kier molecular flexibility index (Phi) is 3.31. The fourth-order valence-corrected chi connectivity index (χ4v) is 1.13. The molecule has 0 fully saturated rings. The zero-order valence-electron chi connectivity index (χ0n) is 8.19. The van der Waals surface area contributed by atoms with Gasteiger partial charge in [-0.3, -0.25) is 9.59 Å². The van der Waals surface area contributed by atoms with Gasteiger partial charge in [-0.25, -0.2) is 4.68 Å². The number of carboxylic acids is 1. The van der Waals surface area contributed by atoms with Crippen LogP contribution in [0.15, 0.2) is 11.0 Å². The van der Waals surface area contributed by atoms with Gasteiger partial charge < -0.3 is 10.4 Å². The van der Waals surface area contributed by atoms with Crippen molar-refractivity contribution < 1.29 is 9.90 Å². The van der Waals surface area contributed by atoms with Gasteiger partial charge in [-0.05, 0) is 6.92 Å². The number of hydrogen-bond donors (Lipinski definition) is 2. The second-order valence-corrected chi connectivity index (χ2v) is 3.38. The molecule has 0 bridgehead atoms. The maximum atomic E-state index is 11.3. The summed E-state index contributed by atoms with van der Waals surface area (Å²) in [5.41, 5.74) is -0.256. The Morgan fingerprint density at radius 1 is 1.73 bits per heavy atom. The van der Waals surface area contributed by atoms with E-state index in [9.17, 15) is 9.59 Å². The predicted molar refractivity (Wildman–Crippen MR) is 55.2 cm³/mol. The van der Waals surface area contributed by atoms with Crippen molar-refractivity contribution in [3.8, 4) is 0 Å². The van der Waals surface area contributed by atoms with Gasteiger partial charge >= 0.3 is 5.97 Å². The summed E-state index contributed by atoms with van der Waals surface area (Å²) in [6.45, 7) is 1.44. The van der Waals surface area contributed by atoms with Crippen LogP contribution in [0, 0.1) is 0 Å². The fourth-order valence-electron chi connectivity index (χ4n) is 0.906. The van der Waals surface area contributed by atoms with E-state index < -0.39 is 17.6 Å². The average Bonchev–Trinajstić information content (AvgIpc) is 2.18. The highest BCUT2D eigenvalue weighted by Crippen LogP contribution is 2.15. The van der Waals surface area contributed by atoms with Crippen molar-refractivity contribution in [2.24, 2.45) is 7.05 Å². The third-order valence-electron chi connectivity index (χ3n) is 1.82. The molecule has 1 aromatic heterocycles.